The Labute approximate surface area is 78.7 Å². The Balaban J connectivity index is 4.74. The van der Waals surface area contributed by atoms with Gasteiger partial charge in [0.25, 0.3) is 0 Å². The molecule has 2 unspecified atom stereocenters. The summed E-state index contributed by atoms with van der Waals surface area (Å²) in [5, 5.41) is 0. The zero-order chi connectivity index (χ0) is 10.8. The second-order valence-corrected chi connectivity index (χ2v) is 3.66. The van der Waals surface area contributed by atoms with Crippen LogP contribution in [0.5, 0.6) is 0 Å². The lowest BCUT2D eigenvalue weighted by molar-refractivity contribution is -0.126. The Hall–Kier alpha value is -0.740. The van der Waals surface area contributed by atoms with Gasteiger partial charge in [-0.05, 0) is 13.8 Å². The Morgan fingerprint density at radius 3 is 1.38 bits per heavy atom. The lowest BCUT2D eigenvalue weighted by atomic mass is 9.81. The van der Waals surface area contributed by atoms with E-state index >= 15 is 0 Å². The van der Waals surface area contributed by atoms with Crippen molar-refractivity contribution in [1.29, 1.82) is 0 Å². The minimum atomic E-state index is -1.24. The number of ketones is 2. The van der Waals surface area contributed by atoms with Gasteiger partial charge in [-0.2, -0.15) is 0 Å². The molecule has 4 nitrogen and oxygen atoms in total. The molecule has 0 aliphatic heterocycles. The van der Waals surface area contributed by atoms with Gasteiger partial charge < -0.3 is 11.5 Å². The van der Waals surface area contributed by atoms with Gasteiger partial charge in [0.2, 0.25) is 0 Å². The molecule has 0 aromatic rings. The summed E-state index contributed by atoms with van der Waals surface area (Å²) in [5.74, 6) is -1.21. The standard InChI is InChI=1S/C9H18N2O2/c1-5(7(3)12)9(10,11)6(2)8(4)13/h5-6H,10-11H2,1-4H3. The molecule has 0 fully saturated rings. The Bertz CT molecular complexity index is 202. The molecule has 0 saturated heterocycles. The summed E-state index contributed by atoms with van der Waals surface area (Å²) >= 11 is 0. The molecular formula is C9H18N2O2. The monoisotopic (exact) mass is 186 g/mol. The number of nitrogens with two attached hydrogens (primary N) is 2. The van der Waals surface area contributed by atoms with Crippen LogP contribution in [0.3, 0.4) is 0 Å². The second-order valence-electron chi connectivity index (χ2n) is 3.66. The lowest BCUT2D eigenvalue weighted by Gasteiger charge is -2.34. The Morgan fingerprint density at radius 1 is 1.00 bits per heavy atom. The maximum Gasteiger partial charge on any atom is 0.135 e. The maximum atomic E-state index is 11.0. The molecule has 76 valence electrons. The zero-order valence-corrected chi connectivity index (χ0v) is 8.63. The van der Waals surface area contributed by atoms with Gasteiger partial charge in [0, 0.05) is 11.8 Å². The van der Waals surface area contributed by atoms with Crippen molar-refractivity contribution in [2.75, 3.05) is 0 Å². The molecular weight excluding hydrogens is 168 g/mol. The van der Waals surface area contributed by atoms with Crippen molar-refractivity contribution in [2.45, 2.75) is 33.4 Å². The first-order valence-corrected chi connectivity index (χ1v) is 4.29. The summed E-state index contributed by atoms with van der Waals surface area (Å²) in [6.07, 6.45) is 0. The molecule has 2 atom stereocenters. The van der Waals surface area contributed by atoms with E-state index in [1.165, 1.54) is 13.8 Å². The summed E-state index contributed by atoms with van der Waals surface area (Å²) in [5.41, 5.74) is 10.2. The number of carbonyl (C=O) groups is 2. The molecule has 13 heavy (non-hydrogen) atoms. The first kappa shape index (κ1) is 12.3. The Kier molecular flexibility index (Phi) is 3.75. The van der Waals surface area contributed by atoms with Gasteiger partial charge >= 0.3 is 0 Å². The third kappa shape index (κ3) is 2.60. The van der Waals surface area contributed by atoms with Gasteiger partial charge in [0.05, 0.1) is 5.66 Å². The van der Waals surface area contributed by atoms with Crippen molar-refractivity contribution in [3.05, 3.63) is 0 Å². The highest BCUT2D eigenvalue weighted by atomic mass is 16.1. The van der Waals surface area contributed by atoms with Crippen molar-refractivity contribution >= 4 is 11.6 Å². The van der Waals surface area contributed by atoms with E-state index in [0.29, 0.717) is 0 Å². The highest BCUT2D eigenvalue weighted by molar-refractivity contribution is 5.83. The highest BCUT2D eigenvalue weighted by Crippen LogP contribution is 2.19. The van der Waals surface area contributed by atoms with Gasteiger partial charge in [-0.1, -0.05) is 13.8 Å². The molecule has 0 heterocycles. The Morgan fingerprint density at radius 2 is 1.23 bits per heavy atom. The first-order chi connectivity index (χ1) is 5.71. The largest absolute Gasteiger partial charge is 0.312 e. The van der Waals surface area contributed by atoms with Crippen molar-refractivity contribution < 1.29 is 9.59 Å². The maximum absolute atomic E-state index is 11.0. The summed E-state index contributed by atoms with van der Waals surface area (Å²) in [6.45, 7) is 6.13. The predicted molar refractivity (Wildman–Crippen MR) is 50.8 cm³/mol. The van der Waals surface area contributed by atoms with Crippen LogP contribution in [0.4, 0.5) is 0 Å². The van der Waals surface area contributed by atoms with Gasteiger partial charge in [-0.15, -0.1) is 0 Å². The number of rotatable bonds is 4. The van der Waals surface area contributed by atoms with Crippen LogP contribution in [-0.4, -0.2) is 17.2 Å². The van der Waals surface area contributed by atoms with E-state index in [0.717, 1.165) is 0 Å². The molecule has 4 N–H and O–H groups in total. The van der Waals surface area contributed by atoms with Crippen LogP contribution in [0, 0.1) is 11.8 Å². The van der Waals surface area contributed by atoms with Crippen molar-refractivity contribution in [1.82, 2.24) is 0 Å². The quantitative estimate of drug-likeness (QED) is 0.607. The number of hydrogen-bond acceptors (Lipinski definition) is 4. The lowest BCUT2D eigenvalue weighted by Crippen LogP contribution is -2.62. The molecule has 0 rings (SSSR count). The van der Waals surface area contributed by atoms with E-state index in [-0.39, 0.29) is 11.6 Å². The van der Waals surface area contributed by atoms with Gasteiger partial charge in [-0.3, -0.25) is 9.59 Å². The van der Waals surface area contributed by atoms with Gasteiger partial charge in [0.15, 0.2) is 0 Å². The van der Waals surface area contributed by atoms with Crippen LogP contribution in [0.1, 0.15) is 27.7 Å². The van der Waals surface area contributed by atoms with Crippen LogP contribution >= 0.6 is 0 Å². The third-order valence-corrected chi connectivity index (χ3v) is 2.72. The molecule has 0 aromatic carbocycles. The molecule has 0 aliphatic rings. The molecule has 0 aliphatic carbocycles. The van der Waals surface area contributed by atoms with Gasteiger partial charge in [0.1, 0.15) is 11.6 Å². The third-order valence-electron chi connectivity index (χ3n) is 2.72. The number of hydrogen-bond donors (Lipinski definition) is 2. The van der Waals surface area contributed by atoms with Crippen LogP contribution in [0.15, 0.2) is 0 Å². The summed E-state index contributed by atoms with van der Waals surface area (Å²) in [7, 11) is 0. The SMILES string of the molecule is CC(=O)C(C)C(N)(N)C(C)C(C)=O. The summed E-state index contributed by atoms with van der Waals surface area (Å²) < 4.78 is 0. The molecule has 0 saturated carbocycles. The molecule has 4 heteroatoms. The average molecular weight is 186 g/mol. The van der Waals surface area contributed by atoms with E-state index in [1.807, 2.05) is 0 Å². The summed E-state index contributed by atoms with van der Waals surface area (Å²) in [6, 6.07) is 0. The smallest absolute Gasteiger partial charge is 0.135 e. The van der Waals surface area contributed by atoms with Gasteiger partial charge in [-0.25, -0.2) is 0 Å². The van der Waals surface area contributed by atoms with Crippen molar-refractivity contribution in [2.24, 2.45) is 23.3 Å². The molecule has 0 spiro atoms. The van der Waals surface area contributed by atoms with E-state index < -0.39 is 17.5 Å². The van der Waals surface area contributed by atoms with E-state index in [2.05, 4.69) is 0 Å². The fourth-order valence-corrected chi connectivity index (χ4v) is 1.08. The van der Waals surface area contributed by atoms with Crippen molar-refractivity contribution in [3.63, 3.8) is 0 Å². The second kappa shape index (κ2) is 3.98. The topological polar surface area (TPSA) is 86.2 Å². The fourth-order valence-electron chi connectivity index (χ4n) is 1.08. The fraction of sp³-hybridized carbons (Fsp3) is 0.778. The average Bonchev–Trinajstić information content (AvgIpc) is 2.01. The summed E-state index contributed by atoms with van der Waals surface area (Å²) in [4.78, 5) is 22.1. The first-order valence-electron chi connectivity index (χ1n) is 4.29. The number of carbonyl (C=O) groups excluding carboxylic acids is 2. The van der Waals surface area contributed by atoms with Crippen molar-refractivity contribution in [3.8, 4) is 0 Å². The molecule has 0 amide bonds. The molecule has 0 bridgehead atoms. The van der Waals surface area contributed by atoms with Crippen LogP contribution in [0.2, 0.25) is 0 Å². The van der Waals surface area contributed by atoms with E-state index in [1.54, 1.807) is 13.8 Å². The van der Waals surface area contributed by atoms with E-state index in [9.17, 15) is 9.59 Å². The molecule has 0 radical (unpaired) electrons. The molecule has 0 aromatic heterocycles. The minimum absolute atomic E-state index is 0.0990. The minimum Gasteiger partial charge on any atom is -0.312 e. The zero-order valence-electron chi connectivity index (χ0n) is 8.63. The normalized spacial score (nSPS) is 16.5. The van der Waals surface area contributed by atoms with Crippen LogP contribution < -0.4 is 11.5 Å². The van der Waals surface area contributed by atoms with Crippen LogP contribution in [0.25, 0.3) is 0 Å². The highest BCUT2D eigenvalue weighted by Gasteiger charge is 2.38. The van der Waals surface area contributed by atoms with E-state index in [4.69, 9.17) is 11.5 Å². The number of Topliss-reactive ketones (excluding diaryl/α,β-unsaturated/α-hetero) is 2. The van der Waals surface area contributed by atoms with Crippen LogP contribution in [-0.2, 0) is 9.59 Å². The predicted octanol–water partition coefficient (Wildman–Crippen LogP) is 0.0503.